The molecule has 0 fully saturated rings. The van der Waals surface area contributed by atoms with Crippen LogP contribution in [0.5, 0.6) is 0 Å². The number of hydrogen-bond acceptors (Lipinski definition) is 2. The molecule has 0 spiro atoms. The summed E-state index contributed by atoms with van der Waals surface area (Å²) in [6.07, 6.45) is 2.36. The maximum Gasteiger partial charge on any atom is 0.314 e. The largest absolute Gasteiger partial charge is 0.356 e. The zero-order chi connectivity index (χ0) is 13.1. The molecule has 0 saturated carbocycles. The number of rotatable bonds is 8. The van der Waals surface area contributed by atoms with E-state index in [-0.39, 0.29) is 11.9 Å². The maximum atomic E-state index is 11.3. The Morgan fingerprint density at radius 3 is 2.29 bits per heavy atom. The van der Waals surface area contributed by atoms with E-state index in [0.29, 0.717) is 32.0 Å². The summed E-state index contributed by atoms with van der Waals surface area (Å²) in [7, 11) is 0. The number of urea groups is 1. The van der Waals surface area contributed by atoms with Gasteiger partial charge in [0, 0.05) is 26.1 Å². The van der Waals surface area contributed by atoms with Gasteiger partial charge in [-0.15, -0.1) is 0 Å². The van der Waals surface area contributed by atoms with E-state index < -0.39 is 0 Å². The number of carbonyl (C=O) groups is 2. The van der Waals surface area contributed by atoms with Crippen LogP contribution in [0.25, 0.3) is 0 Å². The van der Waals surface area contributed by atoms with Gasteiger partial charge in [0.1, 0.15) is 0 Å². The molecule has 0 aliphatic carbocycles. The molecular weight excluding hydrogens is 218 g/mol. The summed E-state index contributed by atoms with van der Waals surface area (Å²) < 4.78 is 0. The second-order valence-electron chi connectivity index (χ2n) is 4.48. The topological polar surface area (TPSA) is 70.2 Å². The van der Waals surface area contributed by atoms with Crippen molar-refractivity contribution in [2.24, 2.45) is 5.92 Å². The number of amides is 3. The van der Waals surface area contributed by atoms with Gasteiger partial charge in [-0.2, -0.15) is 0 Å². The molecule has 0 aromatic heterocycles. The second-order valence-corrected chi connectivity index (χ2v) is 4.48. The monoisotopic (exact) mass is 243 g/mol. The third-order valence-corrected chi connectivity index (χ3v) is 2.16. The summed E-state index contributed by atoms with van der Waals surface area (Å²) in [5.74, 6) is 0.428. The zero-order valence-electron chi connectivity index (χ0n) is 11.1. The van der Waals surface area contributed by atoms with Crippen molar-refractivity contribution in [1.82, 2.24) is 16.0 Å². The molecule has 0 atom stereocenters. The minimum Gasteiger partial charge on any atom is -0.356 e. The number of nitrogens with one attached hydrogen (secondary N) is 3. The van der Waals surface area contributed by atoms with E-state index in [1.165, 1.54) is 0 Å². The van der Waals surface area contributed by atoms with Crippen molar-refractivity contribution in [3.8, 4) is 0 Å². The third-order valence-electron chi connectivity index (χ3n) is 2.16. The molecule has 0 bridgehead atoms. The van der Waals surface area contributed by atoms with Gasteiger partial charge in [-0.1, -0.05) is 27.2 Å². The lowest BCUT2D eigenvalue weighted by atomic mass is 10.2. The first-order valence-electron chi connectivity index (χ1n) is 6.34. The molecular formula is C12H25N3O2. The van der Waals surface area contributed by atoms with Gasteiger partial charge in [0.05, 0.1) is 0 Å². The minimum atomic E-state index is -0.199. The van der Waals surface area contributed by atoms with Crippen molar-refractivity contribution in [3.05, 3.63) is 0 Å². The average molecular weight is 243 g/mol. The Labute approximate surface area is 104 Å². The molecule has 0 unspecified atom stereocenters. The van der Waals surface area contributed by atoms with Crippen LogP contribution in [-0.2, 0) is 4.79 Å². The molecule has 5 heteroatoms. The fourth-order valence-corrected chi connectivity index (χ4v) is 1.14. The van der Waals surface area contributed by atoms with Crippen molar-refractivity contribution in [1.29, 1.82) is 0 Å². The summed E-state index contributed by atoms with van der Waals surface area (Å²) >= 11 is 0. The molecule has 17 heavy (non-hydrogen) atoms. The Bertz CT molecular complexity index is 230. The predicted octanol–water partition coefficient (Wildman–Crippen LogP) is 1.25. The van der Waals surface area contributed by atoms with Gasteiger partial charge in [-0.3, -0.25) is 4.79 Å². The molecule has 0 saturated heterocycles. The van der Waals surface area contributed by atoms with E-state index >= 15 is 0 Å². The van der Waals surface area contributed by atoms with E-state index in [2.05, 4.69) is 22.9 Å². The lowest BCUT2D eigenvalue weighted by Gasteiger charge is -2.09. The van der Waals surface area contributed by atoms with Crippen LogP contribution in [0.3, 0.4) is 0 Å². The molecule has 0 heterocycles. The molecule has 100 valence electrons. The van der Waals surface area contributed by atoms with Gasteiger partial charge in [0.2, 0.25) is 5.91 Å². The lowest BCUT2D eigenvalue weighted by molar-refractivity contribution is -0.121. The summed E-state index contributed by atoms with van der Waals surface area (Å²) in [4.78, 5) is 22.5. The first-order valence-corrected chi connectivity index (χ1v) is 6.34. The van der Waals surface area contributed by atoms with Crippen LogP contribution in [0.1, 0.15) is 40.0 Å². The lowest BCUT2D eigenvalue weighted by Crippen LogP contribution is -2.38. The van der Waals surface area contributed by atoms with E-state index in [4.69, 9.17) is 0 Å². The smallest absolute Gasteiger partial charge is 0.314 e. The van der Waals surface area contributed by atoms with Gasteiger partial charge in [0.25, 0.3) is 0 Å². The highest BCUT2D eigenvalue weighted by Gasteiger charge is 2.03. The van der Waals surface area contributed by atoms with Crippen molar-refractivity contribution in [3.63, 3.8) is 0 Å². The van der Waals surface area contributed by atoms with E-state index in [1.807, 2.05) is 13.8 Å². The van der Waals surface area contributed by atoms with E-state index in [9.17, 15) is 9.59 Å². The zero-order valence-corrected chi connectivity index (χ0v) is 11.1. The molecule has 0 aliphatic rings. The molecule has 0 rings (SSSR count). The van der Waals surface area contributed by atoms with Gasteiger partial charge >= 0.3 is 6.03 Å². The molecule has 0 aromatic carbocycles. The Morgan fingerprint density at radius 2 is 1.71 bits per heavy atom. The Morgan fingerprint density at radius 1 is 1.06 bits per heavy atom. The summed E-state index contributed by atoms with van der Waals surface area (Å²) in [6, 6.07) is -0.199. The molecule has 5 nitrogen and oxygen atoms in total. The van der Waals surface area contributed by atoms with Crippen LogP contribution in [0.15, 0.2) is 0 Å². The second kappa shape index (κ2) is 9.93. The third kappa shape index (κ3) is 11.0. The predicted molar refractivity (Wildman–Crippen MR) is 68.8 cm³/mol. The normalized spacial score (nSPS) is 10.1. The Kier molecular flexibility index (Phi) is 9.19. The highest BCUT2D eigenvalue weighted by Crippen LogP contribution is 1.88. The van der Waals surface area contributed by atoms with Gasteiger partial charge < -0.3 is 16.0 Å². The maximum absolute atomic E-state index is 11.3. The Balaban J connectivity index is 3.42. The number of carbonyl (C=O) groups excluding carboxylic acids is 2. The van der Waals surface area contributed by atoms with Gasteiger partial charge in [-0.05, 0) is 12.3 Å². The minimum absolute atomic E-state index is 0.0208. The quantitative estimate of drug-likeness (QED) is 0.561. The van der Waals surface area contributed by atoms with Crippen LogP contribution < -0.4 is 16.0 Å². The van der Waals surface area contributed by atoms with Crippen LogP contribution >= 0.6 is 0 Å². The van der Waals surface area contributed by atoms with Crippen LogP contribution in [0, 0.1) is 5.92 Å². The fraction of sp³-hybridized carbons (Fsp3) is 0.833. The van der Waals surface area contributed by atoms with Crippen molar-refractivity contribution in [2.75, 3.05) is 19.6 Å². The SMILES string of the molecule is CCCCNC(=O)NCCC(=O)NCC(C)C. The standard InChI is InChI=1S/C12H25N3O2/c1-4-5-7-13-12(17)14-8-6-11(16)15-9-10(2)3/h10H,4-9H2,1-3H3,(H,15,16)(H2,13,14,17). The Hall–Kier alpha value is -1.26. The van der Waals surface area contributed by atoms with Crippen LogP contribution in [-0.4, -0.2) is 31.6 Å². The molecule has 3 amide bonds. The summed E-state index contributed by atoms with van der Waals surface area (Å²) in [5, 5.41) is 8.17. The van der Waals surface area contributed by atoms with Crippen molar-refractivity contribution in [2.45, 2.75) is 40.0 Å². The number of unbranched alkanes of at least 4 members (excludes halogenated alkanes) is 1. The van der Waals surface area contributed by atoms with Crippen molar-refractivity contribution >= 4 is 11.9 Å². The molecule has 0 radical (unpaired) electrons. The van der Waals surface area contributed by atoms with Gasteiger partial charge in [0.15, 0.2) is 0 Å². The highest BCUT2D eigenvalue weighted by molar-refractivity contribution is 5.78. The van der Waals surface area contributed by atoms with Crippen molar-refractivity contribution < 1.29 is 9.59 Å². The van der Waals surface area contributed by atoms with Crippen LogP contribution in [0.4, 0.5) is 4.79 Å². The molecule has 0 aromatic rings. The van der Waals surface area contributed by atoms with Crippen LogP contribution in [0.2, 0.25) is 0 Å². The van der Waals surface area contributed by atoms with E-state index in [0.717, 1.165) is 12.8 Å². The number of hydrogen-bond donors (Lipinski definition) is 3. The molecule has 0 aliphatic heterocycles. The van der Waals surface area contributed by atoms with Gasteiger partial charge in [-0.25, -0.2) is 4.79 Å². The molecule has 3 N–H and O–H groups in total. The summed E-state index contributed by atoms with van der Waals surface area (Å²) in [5.41, 5.74) is 0. The summed E-state index contributed by atoms with van der Waals surface area (Å²) in [6.45, 7) is 7.89. The fourth-order valence-electron chi connectivity index (χ4n) is 1.14. The van der Waals surface area contributed by atoms with E-state index in [1.54, 1.807) is 0 Å². The first-order chi connectivity index (χ1) is 8.06. The highest BCUT2D eigenvalue weighted by atomic mass is 16.2. The first kappa shape index (κ1) is 15.7. The average Bonchev–Trinajstić information content (AvgIpc) is 2.27.